The third-order valence-corrected chi connectivity index (χ3v) is 3.23. The number of aliphatic carboxylic acids is 1. The summed E-state index contributed by atoms with van der Waals surface area (Å²) in [7, 11) is 0. The number of nitrogens with one attached hydrogen (secondary N) is 1. The summed E-state index contributed by atoms with van der Waals surface area (Å²) >= 11 is 0. The Hall–Kier alpha value is -1.84. The molecule has 104 valence electrons. The van der Waals surface area contributed by atoms with Crippen LogP contribution in [0.1, 0.15) is 45.2 Å². The van der Waals surface area contributed by atoms with E-state index in [-0.39, 0.29) is 18.4 Å². The van der Waals surface area contributed by atoms with E-state index in [4.69, 9.17) is 5.11 Å². The van der Waals surface area contributed by atoms with Gasteiger partial charge in [0.2, 0.25) is 5.91 Å². The molecular formula is C15H21NO3. The molecule has 1 aromatic carbocycles. The molecule has 1 amide bonds. The maximum Gasteiger partial charge on any atom is 0.309 e. The first-order chi connectivity index (χ1) is 8.83. The number of carboxylic acid groups (broad SMARTS) is 1. The van der Waals surface area contributed by atoms with Crippen molar-refractivity contribution in [2.75, 3.05) is 0 Å². The maximum absolute atomic E-state index is 11.8. The SMILES string of the molecule is CC(NC(=O)CCC(C)(C)C(=O)O)c1ccccc1. The largest absolute Gasteiger partial charge is 0.481 e. The molecular weight excluding hydrogens is 242 g/mol. The molecule has 0 aliphatic heterocycles. The lowest BCUT2D eigenvalue weighted by Gasteiger charge is -2.19. The topological polar surface area (TPSA) is 66.4 Å². The van der Waals surface area contributed by atoms with Gasteiger partial charge in [0.25, 0.3) is 0 Å². The van der Waals surface area contributed by atoms with Crippen molar-refractivity contribution in [3.05, 3.63) is 35.9 Å². The van der Waals surface area contributed by atoms with E-state index in [9.17, 15) is 9.59 Å². The minimum absolute atomic E-state index is 0.0679. The fourth-order valence-electron chi connectivity index (χ4n) is 1.67. The molecule has 0 aromatic heterocycles. The maximum atomic E-state index is 11.8. The molecule has 0 fully saturated rings. The van der Waals surface area contributed by atoms with Crippen molar-refractivity contribution in [3.63, 3.8) is 0 Å². The summed E-state index contributed by atoms with van der Waals surface area (Å²) in [5.41, 5.74) is 0.168. The molecule has 0 saturated carbocycles. The van der Waals surface area contributed by atoms with Gasteiger partial charge in [-0.2, -0.15) is 0 Å². The number of hydrogen-bond donors (Lipinski definition) is 2. The molecule has 4 heteroatoms. The summed E-state index contributed by atoms with van der Waals surface area (Å²) in [6, 6.07) is 9.60. The van der Waals surface area contributed by atoms with Gasteiger partial charge >= 0.3 is 5.97 Å². The molecule has 0 aliphatic rings. The lowest BCUT2D eigenvalue weighted by molar-refractivity contribution is -0.147. The Bertz CT molecular complexity index is 440. The molecule has 1 unspecified atom stereocenters. The van der Waals surface area contributed by atoms with Gasteiger partial charge in [0.05, 0.1) is 11.5 Å². The second-order valence-corrected chi connectivity index (χ2v) is 5.39. The van der Waals surface area contributed by atoms with E-state index in [0.717, 1.165) is 5.56 Å². The summed E-state index contributed by atoms with van der Waals surface area (Å²) in [5.74, 6) is -0.998. The molecule has 1 aromatic rings. The van der Waals surface area contributed by atoms with E-state index >= 15 is 0 Å². The zero-order valence-electron chi connectivity index (χ0n) is 11.6. The number of carboxylic acids is 1. The molecule has 0 spiro atoms. The molecule has 1 atom stereocenters. The van der Waals surface area contributed by atoms with Crippen LogP contribution in [-0.4, -0.2) is 17.0 Å². The van der Waals surface area contributed by atoms with Crippen LogP contribution in [0.15, 0.2) is 30.3 Å². The van der Waals surface area contributed by atoms with Gasteiger partial charge in [-0.25, -0.2) is 0 Å². The molecule has 0 aliphatic carbocycles. The van der Waals surface area contributed by atoms with E-state index < -0.39 is 11.4 Å². The molecule has 0 radical (unpaired) electrons. The number of carbonyl (C=O) groups is 2. The van der Waals surface area contributed by atoms with Gasteiger partial charge in [-0.1, -0.05) is 30.3 Å². The van der Waals surface area contributed by atoms with E-state index in [1.165, 1.54) is 0 Å². The zero-order chi connectivity index (χ0) is 14.5. The number of carbonyl (C=O) groups excluding carboxylic acids is 1. The smallest absolute Gasteiger partial charge is 0.309 e. The highest BCUT2D eigenvalue weighted by molar-refractivity contribution is 5.78. The number of hydrogen-bond acceptors (Lipinski definition) is 2. The molecule has 1 rings (SSSR count). The van der Waals surface area contributed by atoms with Crippen LogP contribution in [0, 0.1) is 5.41 Å². The van der Waals surface area contributed by atoms with Crippen LogP contribution in [0.25, 0.3) is 0 Å². The average Bonchev–Trinajstić information content (AvgIpc) is 2.37. The summed E-state index contributed by atoms with van der Waals surface area (Å²) in [6.07, 6.45) is 0.548. The van der Waals surface area contributed by atoms with Crippen LogP contribution in [0.4, 0.5) is 0 Å². The summed E-state index contributed by atoms with van der Waals surface area (Å²) in [4.78, 5) is 22.7. The molecule has 0 heterocycles. The van der Waals surface area contributed by atoms with Crippen LogP contribution in [0.5, 0.6) is 0 Å². The first-order valence-corrected chi connectivity index (χ1v) is 6.40. The lowest BCUT2D eigenvalue weighted by atomic mass is 9.88. The Morgan fingerprint density at radius 1 is 1.26 bits per heavy atom. The van der Waals surface area contributed by atoms with Crippen molar-refractivity contribution >= 4 is 11.9 Å². The molecule has 0 saturated heterocycles. The quantitative estimate of drug-likeness (QED) is 0.829. The monoisotopic (exact) mass is 263 g/mol. The first kappa shape index (κ1) is 15.2. The number of amides is 1. The van der Waals surface area contributed by atoms with Gasteiger partial charge < -0.3 is 10.4 Å². The van der Waals surface area contributed by atoms with Gasteiger partial charge in [-0.3, -0.25) is 9.59 Å². The Morgan fingerprint density at radius 3 is 2.37 bits per heavy atom. The minimum atomic E-state index is -0.878. The average molecular weight is 263 g/mol. The highest BCUT2D eigenvalue weighted by Gasteiger charge is 2.27. The van der Waals surface area contributed by atoms with Gasteiger partial charge in [0, 0.05) is 6.42 Å². The van der Waals surface area contributed by atoms with Crippen molar-refractivity contribution < 1.29 is 14.7 Å². The predicted molar refractivity (Wildman–Crippen MR) is 73.7 cm³/mol. The van der Waals surface area contributed by atoms with Crippen LogP contribution in [-0.2, 0) is 9.59 Å². The van der Waals surface area contributed by atoms with E-state index in [2.05, 4.69) is 5.32 Å². The van der Waals surface area contributed by atoms with Crippen molar-refractivity contribution in [1.82, 2.24) is 5.32 Å². The molecule has 19 heavy (non-hydrogen) atoms. The number of rotatable bonds is 6. The molecule has 2 N–H and O–H groups in total. The fourth-order valence-corrected chi connectivity index (χ4v) is 1.67. The second kappa shape index (κ2) is 6.36. The lowest BCUT2D eigenvalue weighted by Crippen LogP contribution is -2.30. The molecule has 0 bridgehead atoms. The van der Waals surface area contributed by atoms with Gasteiger partial charge in [0.15, 0.2) is 0 Å². The first-order valence-electron chi connectivity index (χ1n) is 6.40. The highest BCUT2D eigenvalue weighted by atomic mass is 16.4. The predicted octanol–water partition coefficient (Wildman–Crippen LogP) is 2.75. The van der Waals surface area contributed by atoms with E-state index in [1.807, 2.05) is 37.3 Å². The van der Waals surface area contributed by atoms with E-state index in [1.54, 1.807) is 13.8 Å². The number of benzene rings is 1. The zero-order valence-corrected chi connectivity index (χ0v) is 11.6. The standard InChI is InChI=1S/C15H21NO3/c1-11(12-7-5-4-6-8-12)16-13(17)9-10-15(2,3)14(18)19/h4-8,11H,9-10H2,1-3H3,(H,16,17)(H,18,19). The molecule has 4 nitrogen and oxygen atoms in total. The Labute approximate surface area is 113 Å². The third-order valence-electron chi connectivity index (χ3n) is 3.23. The van der Waals surface area contributed by atoms with Crippen molar-refractivity contribution in [2.45, 2.75) is 39.7 Å². The minimum Gasteiger partial charge on any atom is -0.481 e. The van der Waals surface area contributed by atoms with Crippen LogP contribution >= 0.6 is 0 Å². The Balaban J connectivity index is 2.46. The second-order valence-electron chi connectivity index (χ2n) is 5.39. The van der Waals surface area contributed by atoms with Crippen LogP contribution in [0.2, 0.25) is 0 Å². The Morgan fingerprint density at radius 2 is 1.84 bits per heavy atom. The third kappa shape index (κ3) is 4.73. The summed E-state index contributed by atoms with van der Waals surface area (Å²) in [5, 5.41) is 11.9. The highest BCUT2D eigenvalue weighted by Crippen LogP contribution is 2.22. The van der Waals surface area contributed by atoms with Crippen LogP contribution < -0.4 is 5.32 Å². The van der Waals surface area contributed by atoms with Crippen molar-refractivity contribution in [1.29, 1.82) is 0 Å². The van der Waals surface area contributed by atoms with Crippen molar-refractivity contribution in [3.8, 4) is 0 Å². The van der Waals surface area contributed by atoms with Gasteiger partial charge in [0.1, 0.15) is 0 Å². The van der Waals surface area contributed by atoms with Crippen molar-refractivity contribution in [2.24, 2.45) is 5.41 Å². The Kier molecular flexibility index (Phi) is 5.10. The summed E-state index contributed by atoms with van der Waals surface area (Å²) in [6.45, 7) is 5.17. The fraction of sp³-hybridized carbons (Fsp3) is 0.467. The normalized spacial score (nSPS) is 12.8. The van der Waals surface area contributed by atoms with Crippen LogP contribution in [0.3, 0.4) is 0 Å². The van der Waals surface area contributed by atoms with Gasteiger partial charge in [-0.05, 0) is 32.8 Å². The van der Waals surface area contributed by atoms with Gasteiger partial charge in [-0.15, -0.1) is 0 Å². The van der Waals surface area contributed by atoms with E-state index in [0.29, 0.717) is 6.42 Å². The summed E-state index contributed by atoms with van der Waals surface area (Å²) < 4.78 is 0.